The molecule has 18 heavy (non-hydrogen) atoms. The molecule has 1 rings (SSSR count). The van der Waals surface area contributed by atoms with E-state index < -0.39 is 6.09 Å². The topological polar surface area (TPSA) is 55.8 Å². The summed E-state index contributed by atoms with van der Waals surface area (Å²) in [6.07, 6.45) is -0.392. The quantitative estimate of drug-likeness (QED) is 0.766. The first kappa shape index (κ1) is 14.0. The fraction of sp³-hybridized carbons (Fsp3) is 0.385. The lowest BCUT2D eigenvalue weighted by atomic mass is 10.1. The number of hydrogen-bond acceptors (Lipinski definition) is 4. The molecule has 0 saturated carbocycles. The van der Waals surface area contributed by atoms with Gasteiger partial charge in [-0.1, -0.05) is 18.2 Å². The standard InChI is InChI=1S/C13H17NO4/c1-4-17-12(15)9-10-7-5-6-8-11(10)18-13(16)14(2)3/h5-8H,4,9H2,1-3H3. The molecule has 0 fully saturated rings. The van der Waals surface area contributed by atoms with Gasteiger partial charge in [0, 0.05) is 19.7 Å². The van der Waals surface area contributed by atoms with Gasteiger partial charge in [-0.25, -0.2) is 4.79 Å². The minimum Gasteiger partial charge on any atom is -0.466 e. The zero-order valence-corrected chi connectivity index (χ0v) is 10.8. The summed E-state index contributed by atoms with van der Waals surface area (Å²) in [6.45, 7) is 2.08. The number of carbonyl (C=O) groups is 2. The van der Waals surface area contributed by atoms with E-state index in [1.54, 1.807) is 45.3 Å². The summed E-state index contributed by atoms with van der Waals surface area (Å²) in [5, 5.41) is 0. The van der Waals surface area contributed by atoms with E-state index in [1.807, 2.05) is 0 Å². The molecule has 0 N–H and O–H groups in total. The second-order valence-corrected chi connectivity index (χ2v) is 3.85. The molecule has 98 valence electrons. The molecule has 0 aliphatic carbocycles. The SMILES string of the molecule is CCOC(=O)Cc1ccccc1OC(=O)N(C)C. The summed E-state index contributed by atoms with van der Waals surface area (Å²) in [5.41, 5.74) is 0.631. The Morgan fingerprint density at radius 1 is 1.22 bits per heavy atom. The maximum atomic E-state index is 11.5. The number of ether oxygens (including phenoxy) is 2. The summed E-state index contributed by atoms with van der Waals surface area (Å²) in [4.78, 5) is 24.2. The second-order valence-electron chi connectivity index (χ2n) is 3.85. The van der Waals surface area contributed by atoms with E-state index in [4.69, 9.17) is 9.47 Å². The molecule has 0 unspecified atom stereocenters. The number of amides is 1. The zero-order valence-electron chi connectivity index (χ0n) is 10.8. The van der Waals surface area contributed by atoms with Crippen LogP contribution in [0.25, 0.3) is 0 Å². The van der Waals surface area contributed by atoms with E-state index in [9.17, 15) is 9.59 Å². The van der Waals surface area contributed by atoms with Crippen LogP contribution in [0.5, 0.6) is 5.75 Å². The third-order valence-electron chi connectivity index (χ3n) is 2.18. The number of para-hydroxylation sites is 1. The molecule has 0 spiro atoms. The molecule has 1 aromatic carbocycles. The van der Waals surface area contributed by atoms with Gasteiger partial charge < -0.3 is 14.4 Å². The third-order valence-corrected chi connectivity index (χ3v) is 2.18. The Balaban J connectivity index is 2.79. The fourth-order valence-electron chi connectivity index (χ4n) is 1.30. The van der Waals surface area contributed by atoms with Crippen LogP contribution in [0.3, 0.4) is 0 Å². The molecule has 1 aromatic rings. The van der Waals surface area contributed by atoms with Gasteiger partial charge in [0.2, 0.25) is 0 Å². The monoisotopic (exact) mass is 251 g/mol. The van der Waals surface area contributed by atoms with Crippen molar-refractivity contribution in [1.29, 1.82) is 0 Å². The molecule has 0 bridgehead atoms. The van der Waals surface area contributed by atoms with Crippen molar-refractivity contribution in [3.63, 3.8) is 0 Å². The highest BCUT2D eigenvalue weighted by atomic mass is 16.6. The average molecular weight is 251 g/mol. The molecule has 0 atom stereocenters. The molecule has 0 radical (unpaired) electrons. The fourth-order valence-corrected chi connectivity index (χ4v) is 1.30. The Bertz CT molecular complexity index is 429. The summed E-state index contributed by atoms with van der Waals surface area (Å²) < 4.78 is 10.0. The first-order chi connectivity index (χ1) is 8.54. The van der Waals surface area contributed by atoms with Gasteiger partial charge in [-0.05, 0) is 13.0 Å². The highest BCUT2D eigenvalue weighted by Gasteiger charge is 2.13. The van der Waals surface area contributed by atoms with E-state index in [-0.39, 0.29) is 12.4 Å². The Hall–Kier alpha value is -2.04. The van der Waals surface area contributed by atoms with Crippen molar-refractivity contribution in [2.24, 2.45) is 0 Å². The van der Waals surface area contributed by atoms with Crippen LogP contribution >= 0.6 is 0 Å². The summed E-state index contributed by atoms with van der Waals surface area (Å²) in [5.74, 6) is 0.0371. The van der Waals surface area contributed by atoms with Crippen molar-refractivity contribution in [2.75, 3.05) is 20.7 Å². The maximum absolute atomic E-state index is 11.5. The lowest BCUT2D eigenvalue weighted by Gasteiger charge is -2.13. The predicted molar refractivity (Wildman–Crippen MR) is 66.5 cm³/mol. The van der Waals surface area contributed by atoms with Crippen LogP contribution in [0, 0.1) is 0 Å². The number of benzene rings is 1. The minimum atomic E-state index is -0.480. The Labute approximate surface area is 106 Å². The molecule has 1 amide bonds. The summed E-state index contributed by atoms with van der Waals surface area (Å²) in [7, 11) is 3.19. The van der Waals surface area contributed by atoms with Gasteiger partial charge in [0.15, 0.2) is 0 Å². The van der Waals surface area contributed by atoms with Crippen molar-refractivity contribution in [3.05, 3.63) is 29.8 Å². The number of carbonyl (C=O) groups excluding carboxylic acids is 2. The maximum Gasteiger partial charge on any atom is 0.414 e. The Morgan fingerprint density at radius 3 is 2.50 bits per heavy atom. The normalized spacial score (nSPS) is 9.72. The van der Waals surface area contributed by atoms with Crippen molar-refractivity contribution >= 4 is 12.1 Å². The van der Waals surface area contributed by atoms with Gasteiger partial charge >= 0.3 is 12.1 Å². The van der Waals surface area contributed by atoms with Gasteiger partial charge in [0.05, 0.1) is 13.0 Å². The predicted octanol–water partition coefficient (Wildman–Crippen LogP) is 1.85. The Kier molecular flexibility index (Phi) is 5.17. The van der Waals surface area contributed by atoms with Crippen LogP contribution in [0.2, 0.25) is 0 Å². The second kappa shape index (κ2) is 6.64. The molecule has 0 aromatic heterocycles. The minimum absolute atomic E-state index is 0.0880. The van der Waals surface area contributed by atoms with E-state index in [2.05, 4.69) is 0 Å². The van der Waals surface area contributed by atoms with Crippen LogP contribution in [-0.2, 0) is 16.0 Å². The largest absolute Gasteiger partial charge is 0.466 e. The Morgan fingerprint density at radius 2 is 1.89 bits per heavy atom. The lowest BCUT2D eigenvalue weighted by Crippen LogP contribution is -2.25. The lowest BCUT2D eigenvalue weighted by molar-refractivity contribution is -0.142. The highest BCUT2D eigenvalue weighted by molar-refractivity contribution is 5.75. The number of hydrogen-bond donors (Lipinski definition) is 0. The number of esters is 1. The molecular formula is C13H17NO4. The van der Waals surface area contributed by atoms with Crippen molar-refractivity contribution < 1.29 is 19.1 Å². The van der Waals surface area contributed by atoms with Crippen LogP contribution in [-0.4, -0.2) is 37.7 Å². The van der Waals surface area contributed by atoms with E-state index in [0.29, 0.717) is 17.9 Å². The summed E-state index contributed by atoms with van der Waals surface area (Å²) in [6, 6.07) is 6.90. The van der Waals surface area contributed by atoms with Crippen molar-refractivity contribution in [3.8, 4) is 5.75 Å². The van der Waals surface area contributed by atoms with Crippen LogP contribution in [0.1, 0.15) is 12.5 Å². The molecule has 0 saturated heterocycles. The van der Waals surface area contributed by atoms with E-state index >= 15 is 0 Å². The first-order valence-corrected chi connectivity index (χ1v) is 5.67. The molecule has 0 aliphatic rings. The molecule has 5 heteroatoms. The van der Waals surface area contributed by atoms with Crippen molar-refractivity contribution in [1.82, 2.24) is 4.90 Å². The van der Waals surface area contributed by atoms with Crippen LogP contribution in [0.4, 0.5) is 4.79 Å². The first-order valence-electron chi connectivity index (χ1n) is 5.67. The number of nitrogens with zero attached hydrogens (tertiary/aromatic N) is 1. The molecule has 0 aliphatic heterocycles. The molecule has 5 nitrogen and oxygen atoms in total. The van der Waals surface area contributed by atoms with Crippen LogP contribution < -0.4 is 4.74 Å². The average Bonchev–Trinajstić information content (AvgIpc) is 2.31. The third kappa shape index (κ3) is 4.08. The molecule has 0 heterocycles. The van der Waals surface area contributed by atoms with E-state index in [1.165, 1.54) is 4.90 Å². The smallest absolute Gasteiger partial charge is 0.414 e. The van der Waals surface area contributed by atoms with Gasteiger partial charge in [-0.2, -0.15) is 0 Å². The van der Waals surface area contributed by atoms with Gasteiger partial charge in [-0.15, -0.1) is 0 Å². The van der Waals surface area contributed by atoms with Crippen LogP contribution in [0.15, 0.2) is 24.3 Å². The van der Waals surface area contributed by atoms with Gasteiger partial charge in [0.1, 0.15) is 5.75 Å². The van der Waals surface area contributed by atoms with Gasteiger partial charge in [-0.3, -0.25) is 4.79 Å². The van der Waals surface area contributed by atoms with Crippen molar-refractivity contribution in [2.45, 2.75) is 13.3 Å². The molecular weight excluding hydrogens is 234 g/mol. The van der Waals surface area contributed by atoms with Gasteiger partial charge in [0.25, 0.3) is 0 Å². The summed E-state index contributed by atoms with van der Waals surface area (Å²) >= 11 is 0. The number of rotatable bonds is 4. The highest BCUT2D eigenvalue weighted by Crippen LogP contribution is 2.19. The zero-order chi connectivity index (χ0) is 13.5. The van der Waals surface area contributed by atoms with E-state index in [0.717, 1.165) is 0 Å².